The third-order valence-corrected chi connectivity index (χ3v) is 12.9. The monoisotopic (exact) mass is 899 g/mol. The quantitative estimate of drug-likeness (QED) is 0.123. The summed E-state index contributed by atoms with van der Waals surface area (Å²) in [5, 5.41) is 2.08. The molecule has 0 N–H and O–H groups in total. The molecule has 0 saturated heterocycles. The lowest BCUT2D eigenvalue weighted by atomic mass is 9.79. The van der Waals surface area contributed by atoms with Gasteiger partial charge in [0.1, 0.15) is 17.3 Å². The van der Waals surface area contributed by atoms with Gasteiger partial charge in [0.05, 0.1) is 51.3 Å². The van der Waals surface area contributed by atoms with E-state index in [1.54, 1.807) is 51.6 Å². The molecule has 5 nitrogen and oxygen atoms in total. The molecule has 13 rings (SSSR count). The summed E-state index contributed by atoms with van der Waals surface area (Å²) >= 11 is 0. The van der Waals surface area contributed by atoms with Crippen molar-refractivity contribution >= 4 is 32.8 Å². The van der Waals surface area contributed by atoms with E-state index in [0.29, 0.717) is 44.9 Å². The summed E-state index contributed by atoms with van der Waals surface area (Å²) in [6.07, 6.45) is 5.38. The van der Waals surface area contributed by atoms with Crippen molar-refractivity contribution < 1.29 is 27.1 Å². The zero-order valence-electron chi connectivity index (χ0n) is 50.6. The van der Waals surface area contributed by atoms with Crippen LogP contribution in [0, 0.1) is 6.33 Å². The van der Waals surface area contributed by atoms with E-state index < -0.39 is 78.6 Å². The van der Waals surface area contributed by atoms with Crippen LogP contribution in [0.3, 0.4) is 0 Å². The Labute approximate surface area is 419 Å². The SMILES string of the molecule is [2H]c1c([2H])c([2H])c(-c2ccc3c(c2-[n+]2[c-]n(-c4cccc(Oc5ccc6c7ccccc7n(-c7cc(C(C)(C)C)ccn7)c6c5)c4)c4ccccc42)-c2c([2H])c([2H])c([2H])c([2H])c2-c2c([2H])c([2H])c([2H])c([2H])c2-c2ccccc2-3)c([2H])c1[2H]. The van der Waals surface area contributed by atoms with Crippen LogP contribution in [-0.4, -0.2) is 14.1 Å². The van der Waals surface area contributed by atoms with Gasteiger partial charge in [-0.05, 0) is 110 Å². The molecule has 5 heteroatoms. The number of para-hydroxylation sites is 3. The molecule has 328 valence electrons. The summed E-state index contributed by atoms with van der Waals surface area (Å²) in [7, 11) is 0. The first-order valence-electron chi connectivity index (χ1n) is 29.1. The first-order valence-corrected chi connectivity index (χ1v) is 22.6. The standard InChI is InChI=1S/C64H46N4O/c1-64(2,3)43-36-37-65-61(38-43)68-57-29-14-13-27-53(57)54-33-32-46(40-60(54)68)69-45-21-17-20-44(39-45)66-41-67(59-31-16-15-30-58(59)66)63-47(42-18-5-4-6-19-42)34-35-56-52-26-10-9-24-50(52)48-22-7-8-23-49(48)51-25-11-12-28-55(51)62(56)63/h4-40H,1-3H3/i4D,5D,6D,7D,8D,11D,12D,18D,19D,22D,23D,25D,28D. The fourth-order valence-corrected chi connectivity index (χ4v) is 9.72. The number of aromatic nitrogens is 4. The first-order chi connectivity index (χ1) is 39.3. The highest BCUT2D eigenvalue weighted by molar-refractivity contribution is 6.10. The normalized spacial score (nSPS) is 14.6. The molecule has 3 aromatic heterocycles. The highest BCUT2D eigenvalue weighted by Gasteiger charge is 2.28. The smallest absolute Gasteiger partial charge is 0.269 e. The molecule has 9 aromatic carbocycles. The molecule has 0 radical (unpaired) electrons. The Bertz CT molecular complexity index is 4740. The van der Waals surface area contributed by atoms with Gasteiger partial charge in [0.2, 0.25) is 0 Å². The van der Waals surface area contributed by atoms with Gasteiger partial charge in [-0.15, -0.1) is 0 Å². The second-order valence-corrected chi connectivity index (χ2v) is 18.0. The molecule has 0 unspecified atom stereocenters. The molecule has 0 fully saturated rings. The molecular weight excluding hydrogens is 841 g/mol. The first kappa shape index (κ1) is 29.1. The van der Waals surface area contributed by atoms with Crippen molar-refractivity contribution in [2.24, 2.45) is 0 Å². The van der Waals surface area contributed by atoms with E-state index in [1.165, 1.54) is 0 Å². The Balaban J connectivity index is 1.08. The van der Waals surface area contributed by atoms with Gasteiger partial charge in [0, 0.05) is 28.6 Å². The Morgan fingerprint density at radius 1 is 0.522 bits per heavy atom. The lowest BCUT2D eigenvalue weighted by Crippen LogP contribution is -2.32. The van der Waals surface area contributed by atoms with E-state index in [-0.39, 0.29) is 50.0 Å². The zero-order chi connectivity index (χ0) is 57.5. The number of pyridine rings is 1. The minimum atomic E-state index is -0.649. The molecule has 0 aliphatic heterocycles. The molecule has 0 amide bonds. The van der Waals surface area contributed by atoms with Crippen molar-refractivity contribution in [3.8, 4) is 84.3 Å². The van der Waals surface area contributed by atoms with E-state index in [4.69, 9.17) is 17.9 Å². The molecule has 3 heterocycles. The Morgan fingerprint density at radius 3 is 1.96 bits per heavy atom. The summed E-state index contributed by atoms with van der Waals surface area (Å²) in [5.74, 6) is 1.80. The lowest BCUT2D eigenvalue weighted by Gasteiger charge is -2.27. The van der Waals surface area contributed by atoms with Gasteiger partial charge in [-0.2, -0.15) is 0 Å². The van der Waals surface area contributed by atoms with Crippen LogP contribution in [0.15, 0.2) is 224 Å². The van der Waals surface area contributed by atoms with Crippen molar-refractivity contribution in [2.75, 3.05) is 0 Å². The third kappa shape index (κ3) is 6.69. The summed E-state index contributed by atoms with van der Waals surface area (Å²) in [6.45, 7) is 6.51. The number of nitrogens with zero attached hydrogens (tertiary/aromatic N) is 4. The van der Waals surface area contributed by atoms with Gasteiger partial charge in [-0.1, -0.05) is 184 Å². The predicted molar refractivity (Wildman–Crippen MR) is 282 cm³/mol. The zero-order valence-corrected chi connectivity index (χ0v) is 37.6. The number of rotatable bonds is 6. The number of fused-ring (bicyclic) bond motifs is 12. The molecule has 69 heavy (non-hydrogen) atoms. The molecule has 0 bridgehead atoms. The fourth-order valence-electron chi connectivity index (χ4n) is 9.72. The minimum Gasteiger partial charge on any atom is -0.458 e. The average molecular weight is 900 g/mol. The lowest BCUT2D eigenvalue weighted by molar-refractivity contribution is -0.571. The third-order valence-electron chi connectivity index (χ3n) is 12.9. The van der Waals surface area contributed by atoms with Crippen molar-refractivity contribution in [3.63, 3.8) is 0 Å². The number of ether oxygens (including phenoxy) is 1. The van der Waals surface area contributed by atoms with Gasteiger partial charge in [0.25, 0.3) is 6.33 Å². The van der Waals surface area contributed by atoms with Crippen molar-refractivity contribution in [3.05, 3.63) is 236 Å². The van der Waals surface area contributed by atoms with Crippen molar-refractivity contribution in [1.29, 1.82) is 0 Å². The number of hydrogen-bond acceptors (Lipinski definition) is 2. The van der Waals surface area contributed by atoms with Crippen LogP contribution < -0.4 is 9.30 Å². The van der Waals surface area contributed by atoms with Crippen LogP contribution in [0.5, 0.6) is 11.5 Å². The Hall–Kier alpha value is -8.80. The largest absolute Gasteiger partial charge is 0.458 e. The van der Waals surface area contributed by atoms with Crippen LogP contribution >= 0.6 is 0 Å². The molecule has 0 spiro atoms. The Kier molecular flexibility index (Phi) is 6.71. The number of imidazole rings is 1. The summed E-state index contributed by atoms with van der Waals surface area (Å²) in [6, 6.07) is 35.8. The molecule has 0 atom stereocenters. The van der Waals surface area contributed by atoms with Gasteiger partial charge in [-0.3, -0.25) is 13.7 Å². The van der Waals surface area contributed by atoms with E-state index >= 15 is 0 Å². The van der Waals surface area contributed by atoms with E-state index in [9.17, 15) is 9.60 Å². The van der Waals surface area contributed by atoms with Gasteiger partial charge < -0.3 is 4.74 Å². The predicted octanol–water partition coefficient (Wildman–Crippen LogP) is 15.9. The molecule has 12 aromatic rings. The van der Waals surface area contributed by atoms with Gasteiger partial charge in [-0.25, -0.2) is 4.98 Å². The minimum absolute atomic E-state index is 0.0258. The second-order valence-electron chi connectivity index (χ2n) is 18.0. The summed E-state index contributed by atoms with van der Waals surface area (Å²) in [5.41, 5.74) is 5.27. The van der Waals surface area contributed by atoms with Crippen LogP contribution in [0.4, 0.5) is 0 Å². The van der Waals surface area contributed by atoms with Crippen molar-refractivity contribution in [2.45, 2.75) is 26.2 Å². The van der Waals surface area contributed by atoms with E-state index in [1.807, 2.05) is 85.1 Å². The maximum atomic E-state index is 9.86. The molecule has 1 aliphatic carbocycles. The van der Waals surface area contributed by atoms with Gasteiger partial charge in [0.15, 0.2) is 0 Å². The highest BCUT2D eigenvalue weighted by atomic mass is 16.5. The van der Waals surface area contributed by atoms with Crippen LogP contribution in [0.2, 0.25) is 0 Å². The Morgan fingerprint density at radius 2 is 1.16 bits per heavy atom. The summed E-state index contributed by atoms with van der Waals surface area (Å²) in [4.78, 5) is 4.85. The van der Waals surface area contributed by atoms with Crippen LogP contribution in [0.1, 0.15) is 44.2 Å². The molecular formula is C64H46N4O. The maximum Gasteiger partial charge on any atom is 0.269 e. The fraction of sp³-hybridized carbons (Fsp3) is 0.0625. The van der Waals surface area contributed by atoms with Crippen molar-refractivity contribution in [1.82, 2.24) is 14.1 Å². The highest BCUT2D eigenvalue weighted by Crippen LogP contribution is 2.50. The molecule has 1 aliphatic rings. The van der Waals surface area contributed by atoms with Gasteiger partial charge >= 0.3 is 0 Å². The summed E-state index contributed by atoms with van der Waals surface area (Å²) < 4.78 is 132. The topological polar surface area (TPSA) is 35.9 Å². The van der Waals surface area contributed by atoms with E-state index in [0.717, 1.165) is 33.2 Å². The number of hydrogen-bond donors (Lipinski definition) is 0. The maximum absolute atomic E-state index is 9.86. The van der Waals surface area contributed by atoms with Crippen LogP contribution in [-0.2, 0) is 5.41 Å². The van der Waals surface area contributed by atoms with E-state index in [2.05, 4.69) is 49.9 Å². The second kappa shape index (κ2) is 15.9. The number of benzene rings is 9. The van der Waals surface area contributed by atoms with Crippen LogP contribution in [0.25, 0.3) is 106 Å². The molecule has 0 saturated carbocycles. The average Bonchev–Trinajstić information content (AvgIpc) is 3.28.